The lowest BCUT2D eigenvalue weighted by molar-refractivity contribution is -0.116. The third-order valence-electron chi connectivity index (χ3n) is 4.34. The van der Waals surface area contributed by atoms with E-state index < -0.39 is 17.8 Å². The Morgan fingerprint density at radius 1 is 1.07 bits per heavy atom. The molecular weight excluding hydrogens is 380 g/mol. The molecule has 12 nitrogen and oxygen atoms in total. The minimum absolute atomic E-state index is 0.116. The summed E-state index contributed by atoms with van der Waals surface area (Å²) in [4.78, 5) is 36.4. The molecule has 3 aromatic rings. The Hall–Kier alpha value is -3.96. The highest BCUT2D eigenvalue weighted by atomic mass is 16.4. The van der Waals surface area contributed by atoms with Crippen molar-refractivity contribution in [3.05, 3.63) is 41.7 Å². The zero-order valence-corrected chi connectivity index (χ0v) is 16.1. The fraction of sp³-hybridized carbons (Fsp3) is 0.294. The van der Waals surface area contributed by atoms with Gasteiger partial charge in [0.15, 0.2) is 0 Å². The topological polar surface area (TPSA) is 149 Å². The van der Waals surface area contributed by atoms with Crippen molar-refractivity contribution in [1.29, 1.82) is 0 Å². The van der Waals surface area contributed by atoms with Crippen LogP contribution in [-0.4, -0.2) is 52.2 Å². The van der Waals surface area contributed by atoms with Crippen LogP contribution in [0.4, 0.5) is 11.4 Å². The largest absolute Gasteiger partial charge is 0.477 e. The molecule has 152 valence electrons. The number of rotatable bonds is 7. The first kappa shape index (κ1) is 19.8. The number of hydrogen-bond acceptors (Lipinski definition) is 6. The Kier molecular flexibility index (Phi) is 5.43. The molecule has 0 unspecified atom stereocenters. The van der Waals surface area contributed by atoms with Crippen molar-refractivity contribution in [3.63, 3.8) is 0 Å². The Morgan fingerprint density at radius 3 is 2.41 bits per heavy atom. The molecule has 0 saturated heterocycles. The third-order valence-corrected chi connectivity index (χ3v) is 4.34. The second kappa shape index (κ2) is 7.96. The van der Waals surface area contributed by atoms with E-state index in [0.29, 0.717) is 12.2 Å². The van der Waals surface area contributed by atoms with Crippen LogP contribution in [0.15, 0.2) is 24.7 Å². The molecule has 3 N–H and O–H groups in total. The van der Waals surface area contributed by atoms with Gasteiger partial charge in [-0.3, -0.25) is 19.0 Å². The molecule has 0 atom stereocenters. The molecule has 0 aliphatic rings. The number of carboxylic acids is 1. The molecular formula is C17H20N8O4. The van der Waals surface area contributed by atoms with Crippen LogP contribution in [0.5, 0.6) is 0 Å². The van der Waals surface area contributed by atoms with E-state index in [0.717, 1.165) is 10.4 Å². The summed E-state index contributed by atoms with van der Waals surface area (Å²) in [6, 6.07) is 1.29. The van der Waals surface area contributed by atoms with Gasteiger partial charge in [0.05, 0.1) is 29.5 Å². The van der Waals surface area contributed by atoms with Gasteiger partial charge in [0.2, 0.25) is 5.91 Å². The van der Waals surface area contributed by atoms with Crippen molar-refractivity contribution in [2.24, 2.45) is 7.05 Å². The van der Waals surface area contributed by atoms with E-state index in [9.17, 15) is 14.4 Å². The van der Waals surface area contributed by atoms with Crippen LogP contribution in [0.25, 0.3) is 0 Å². The standard InChI is InChI=1S/C17H20N8O4/c1-4-24-15(16(27)22-11-7-19-23(3)10(11)2)12(8-20-24)21-14(26)9-25-13(17(28)29)5-6-18-25/h5-8H,4,9H2,1-3H3,(H,21,26)(H,22,27)(H,28,29). The Labute approximate surface area is 165 Å². The zero-order chi connectivity index (χ0) is 21.1. The van der Waals surface area contributed by atoms with Crippen LogP contribution in [-0.2, 0) is 24.9 Å². The minimum atomic E-state index is -1.19. The smallest absolute Gasteiger partial charge is 0.354 e. The van der Waals surface area contributed by atoms with Gasteiger partial charge in [-0.1, -0.05) is 0 Å². The van der Waals surface area contributed by atoms with Crippen molar-refractivity contribution < 1.29 is 19.5 Å². The number of nitrogens with zero attached hydrogens (tertiary/aromatic N) is 6. The quantitative estimate of drug-likeness (QED) is 0.529. The highest BCUT2D eigenvalue weighted by Gasteiger charge is 2.22. The van der Waals surface area contributed by atoms with Crippen molar-refractivity contribution in [2.45, 2.75) is 26.9 Å². The Balaban J connectivity index is 1.79. The summed E-state index contributed by atoms with van der Waals surface area (Å²) in [7, 11) is 1.76. The zero-order valence-electron chi connectivity index (χ0n) is 16.1. The van der Waals surface area contributed by atoms with E-state index in [4.69, 9.17) is 5.11 Å². The number of nitrogens with one attached hydrogen (secondary N) is 2. The molecule has 0 spiro atoms. The van der Waals surface area contributed by atoms with Gasteiger partial charge >= 0.3 is 5.97 Å². The Morgan fingerprint density at radius 2 is 1.79 bits per heavy atom. The predicted molar refractivity (Wildman–Crippen MR) is 102 cm³/mol. The lowest BCUT2D eigenvalue weighted by atomic mass is 10.3. The van der Waals surface area contributed by atoms with Crippen molar-refractivity contribution in [1.82, 2.24) is 29.3 Å². The number of aromatic carboxylic acids is 1. The van der Waals surface area contributed by atoms with Crippen LogP contribution < -0.4 is 10.6 Å². The molecule has 3 heterocycles. The number of amides is 2. The van der Waals surface area contributed by atoms with E-state index in [2.05, 4.69) is 25.9 Å². The number of carbonyl (C=O) groups is 3. The molecule has 0 bridgehead atoms. The maximum absolute atomic E-state index is 12.8. The lowest BCUT2D eigenvalue weighted by Gasteiger charge is -2.10. The summed E-state index contributed by atoms with van der Waals surface area (Å²) in [6.45, 7) is 3.71. The van der Waals surface area contributed by atoms with Crippen LogP contribution in [0.3, 0.4) is 0 Å². The first-order valence-corrected chi connectivity index (χ1v) is 8.72. The first-order valence-electron chi connectivity index (χ1n) is 8.72. The number of aryl methyl sites for hydroxylation is 2. The van der Waals surface area contributed by atoms with Gasteiger partial charge in [-0.2, -0.15) is 15.3 Å². The van der Waals surface area contributed by atoms with Crippen LogP contribution in [0.2, 0.25) is 0 Å². The van der Waals surface area contributed by atoms with E-state index in [1.54, 1.807) is 11.7 Å². The normalized spacial score (nSPS) is 10.7. The van der Waals surface area contributed by atoms with Gasteiger partial charge in [-0.15, -0.1) is 0 Å². The minimum Gasteiger partial charge on any atom is -0.477 e. The summed E-state index contributed by atoms with van der Waals surface area (Å²) < 4.78 is 4.13. The molecule has 12 heteroatoms. The number of carboxylic acid groups (broad SMARTS) is 1. The molecule has 3 rings (SSSR count). The molecule has 2 amide bonds. The summed E-state index contributed by atoms with van der Waals surface area (Å²) in [6.07, 6.45) is 4.19. The third kappa shape index (κ3) is 4.00. The second-order valence-electron chi connectivity index (χ2n) is 6.17. The average molecular weight is 400 g/mol. The summed E-state index contributed by atoms with van der Waals surface area (Å²) >= 11 is 0. The van der Waals surface area contributed by atoms with Crippen molar-refractivity contribution in [2.75, 3.05) is 10.6 Å². The highest BCUT2D eigenvalue weighted by molar-refractivity contribution is 6.09. The van der Waals surface area contributed by atoms with E-state index in [1.165, 1.54) is 29.3 Å². The van der Waals surface area contributed by atoms with Crippen LogP contribution in [0, 0.1) is 6.92 Å². The molecule has 3 aromatic heterocycles. The number of carbonyl (C=O) groups excluding carboxylic acids is 2. The first-order chi connectivity index (χ1) is 13.8. The Bertz CT molecular complexity index is 1080. The lowest BCUT2D eigenvalue weighted by Crippen LogP contribution is -2.24. The highest BCUT2D eigenvalue weighted by Crippen LogP contribution is 2.19. The molecule has 0 aliphatic carbocycles. The monoisotopic (exact) mass is 400 g/mol. The molecule has 0 fully saturated rings. The molecule has 0 radical (unpaired) electrons. The molecule has 29 heavy (non-hydrogen) atoms. The van der Waals surface area contributed by atoms with Crippen LogP contribution in [0.1, 0.15) is 33.6 Å². The van der Waals surface area contributed by atoms with Crippen molar-refractivity contribution in [3.8, 4) is 0 Å². The maximum atomic E-state index is 12.8. The molecule has 0 aromatic carbocycles. The fourth-order valence-electron chi connectivity index (χ4n) is 2.73. The van der Waals surface area contributed by atoms with Gasteiger partial charge < -0.3 is 15.7 Å². The molecule has 0 saturated carbocycles. The number of hydrogen-bond donors (Lipinski definition) is 3. The maximum Gasteiger partial charge on any atom is 0.354 e. The summed E-state index contributed by atoms with van der Waals surface area (Å²) in [5, 5.41) is 26.5. The summed E-state index contributed by atoms with van der Waals surface area (Å²) in [5.74, 6) is -2.19. The van der Waals surface area contributed by atoms with Gasteiger partial charge in [-0.25, -0.2) is 9.48 Å². The van der Waals surface area contributed by atoms with E-state index in [-0.39, 0.29) is 23.6 Å². The van der Waals surface area contributed by atoms with Crippen molar-refractivity contribution >= 4 is 29.2 Å². The van der Waals surface area contributed by atoms with Gasteiger partial charge in [0.25, 0.3) is 5.91 Å². The summed E-state index contributed by atoms with van der Waals surface area (Å²) in [5.41, 5.74) is 1.57. The molecule has 0 aliphatic heterocycles. The number of anilines is 2. The van der Waals surface area contributed by atoms with E-state index in [1.807, 2.05) is 13.8 Å². The SMILES string of the molecule is CCn1ncc(NC(=O)Cn2nccc2C(=O)O)c1C(=O)Nc1cnn(C)c1C. The van der Waals surface area contributed by atoms with Gasteiger partial charge in [0, 0.05) is 19.8 Å². The van der Waals surface area contributed by atoms with Gasteiger partial charge in [0.1, 0.15) is 17.9 Å². The van der Waals surface area contributed by atoms with Gasteiger partial charge in [-0.05, 0) is 19.9 Å². The average Bonchev–Trinajstić information content (AvgIpc) is 3.37. The fourth-order valence-corrected chi connectivity index (χ4v) is 2.73. The van der Waals surface area contributed by atoms with Crippen LogP contribution >= 0.6 is 0 Å². The second-order valence-corrected chi connectivity index (χ2v) is 6.17. The number of aromatic nitrogens is 6. The van der Waals surface area contributed by atoms with E-state index >= 15 is 0 Å². The predicted octanol–water partition coefficient (Wildman–Crippen LogP) is 0.731.